The number of anilines is 1. The van der Waals surface area contributed by atoms with E-state index in [0.717, 1.165) is 15.8 Å². The summed E-state index contributed by atoms with van der Waals surface area (Å²) in [6, 6.07) is 21.3. The highest BCUT2D eigenvalue weighted by molar-refractivity contribution is 7.22. The Kier molecular flexibility index (Phi) is 5.88. The Morgan fingerprint density at radius 2 is 1.69 bits per heavy atom. The number of methoxy groups -OCH3 is 1. The Balaban J connectivity index is 1.70. The van der Waals surface area contributed by atoms with Gasteiger partial charge in [0.25, 0.3) is 5.78 Å². The van der Waals surface area contributed by atoms with Gasteiger partial charge in [0.2, 0.25) is 0 Å². The van der Waals surface area contributed by atoms with Gasteiger partial charge in [0.05, 0.1) is 28.9 Å². The lowest BCUT2D eigenvalue weighted by Crippen LogP contribution is -2.29. The van der Waals surface area contributed by atoms with Crippen molar-refractivity contribution in [2.24, 2.45) is 0 Å². The van der Waals surface area contributed by atoms with Crippen LogP contribution in [0.2, 0.25) is 0 Å². The molecule has 36 heavy (non-hydrogen) atoms. The SMILES string of the molecule is COc1ccc2nc(N3C(=O)C(=O)/C(=C(/O)c4ccccc4)C3c3ccc(C(C)(C)C)cc3)sc2c1. The Bertz CT molecular complexity index is 1500. The summed E-state index contributed by atoms with van der Waals surface area (Å²) in [6.07, 6.45) is 0. The fourth-order valence-electron chi connectivity index (χ4n) is 4.38. The zero-order valence-corrected chi connectivity index (χ0v) is 21.3. The third kappa shape index (κ3) is 4.05. The molecule has 0 radical (unpaired) electrons. The lowest BCUT2D eigenvalue weighted by atomic mass is 9.85. The van der Waals surface area contributed by atoms with Crippen molar-refractivity contribution in [2.75, 3.05) is 12.0 Å². The summed E-state index contributed by atoms with van der Waals surface area (Å²) in [7, 11) is 1.59. The number of benzene rings is 3. The van der Waals surface area contributed by atoms with Gasteiger partial charge in [0.1, 0.15) is 11.5 Å². The van der Waals surface area contributed by atoms with E-state index in [9.17, 15) is 14.7 Å². The Morgan fingerprint density at radius 3 is 2.33 bits per heavy atom. The van der Waals surface area contributed by atoms with E-state index < -0.39 is 17.7 Å². The molecule has 1 fully saturated rings. The van der Waals surface area contributed by atoms with E-state index in [1.54, 1.807) is 37.4 Å². The number of ether oxygens (including phenoxy) is 1. The average Bonchev–Trinajstić information content (AvgIpc) is 3.41. The molecule has 5 rings (SSSR count). The van der Waals surface area contributed by atoms with E-state index in [4.69, 9.17) is 4.74 Å². The van der Waals surface area contributed by atoms with E-state index in [0.29, 0.717) is 22.0 Å². The minimum Gasteiger partial charge on any atom is -0.507 e. The van der Waals surface area contributed by atoms with Crippen LogP contribution in [-0.2, 0) is 15.0 Å². The standard InChI is InChI=1S/C29H26N2O4S/c1-29(2,3)19-12-10-17(11-13-19)24-23(25(32)18-8-6-5-7-9-18)26(33)27(34)31(24)28-30-21-15-14-20(35-4)16-22(21)36-28/h5-16,24,32H,1-4H3/b25-23+. The minimum absolute atomic E-state index is 0.0477. The predicted molar refractivity (Wildman–Crippen MR) is 143 cm³/mol. The fraction of sp³-hybridized carbons (Fsp3) is 0.207. The van der Waals surface area contributed by atoms with Gasteiger partial charge in [-0.1, -0.05) is 86.7 Å². The molecule has 1 saturated heterocycles. The molecule has 182 valence electrons. The number of aliphatic hydroxyl groups excluding tert-OH is 1. The van der Waals surface area contributed by atoms with Crippen LogP contribution in [0.3, 0.4) is 0 Å². The topological polar surface area (TPSA) is 79.7 Å². The molecule has 4 aromatic rings. The van der Waals surface area contributed by atoms with Crippen molar-refractivity contribution < 1.29 is 19.4 Å². The van der Waals surface area contributed by atoms with Crippen molar-refractivity contribution >= 4 is 44.1 Å². The highest BCUT2D eigenvalue weighted by Gasteiger charge is 2.48. The number of hydrogen-bond acceptors (Lipinski definition) is 6. The van der Waals surface area contributed by atoms with Crippen molar-refractivity contribution in [3.63, 3.8) is 0 Å². The number of aromatic nitrogens is 1. The van der Waals surface area contributed by atoms with Crippen molar-refractivity contribution in [3.05, 3.63) is 95.1 Å². The molecule has 1 aromatic heterocycles. The number of carbonyl (C=O) groups is 2. The second kappa shape index (κ2) is 8.91. The molecular weight excluding hydrogens is 472 g/mol. The molecular formula is C29H26N2O4S. The molecule has 0 saturated carbocycles. The summed E-state index contributed by atoms with van der Waals surface area (Å²) in [5.74, 6) is -0.983. The van der Waals surface area contributed by atoms with Gasteiger partial charge >= 0.3 is 5.91 Å². The maximum absolute atomic E-state index is 13.4. The van der Waals surface area contributed by atoms with Crippen LogP contribution in [0.25, 0.3) is 16.0 Å². The first-order valence-electron chi connectivity index (χ1n) is 11.6. The number of hydrogen-bond donors (Lipinski definition) is 1. The average molecular weight is 499 g/mol. The molecule has 1 atom stereocenters. The van der Waals surface area contributed by atoms with Crippen LogP contribution in [-0.4, -0.2) is 28.9 Å². The van der Waals surface area contributed by atoms with Gasteiger partial charge in [-0.05, 0) is 34.7 Å². The maximum atomic E-state index is 13.4. The van der Waals surface area contributed by atoms with Crippen LogP contribution >= 0.6 is 11.3 Å². The van der Waals surface area contributed by atoms with E-state index in [1.807, 2.05) is 42.5 Å². The van der Waals surface area contributed by atoms with Gasteiger partial charge < -0.3 is 9.84 Å². The molecule has 1 aliphatic rings. The smallest absolute Gasteiger partial charge is 0.301 e. The summed E-state index contributed by atoms with van der Waals surface area (Å²) >= 11 is 1.30. The Morgan fingerprint density at radius 1 is 1.00 bits per heavy atom. The maximum Gasteiger partial charge on any atom is 0.301 e. The fourth-order valence-corrected chi connectivity index (χ4v) is 5.41. The number of rotatable bonds is 4. The first kappa shape index (κ1) is 23.8. The number of aliphatic hydroxyl groups is 1. The van der Waals surface area contributed by atoms with Crippen molar-refractivity contribution in [2.45, 2.75) is 32.2 Å². The molecule has 1 amide bonds. The summed E-state index contributed by atoms with van der Waals surface area (Å²) < 4.78 is 6.16. The van der Waals surface area contributed by atoms with Crippen molar-refractivity contribution in [3.8, 4) is 5.75 Å². The second-order valence-electron chi connectivity index (χ2n) is 9.74. The quantitative estimate of drug-likeness (QED) is 0.205. The first-order valence-corrected chi connectivity index (χ1v) is 12.4. The largest absolute Gasteiger partial charge is 0.507 e. The Labute approximate surface area is 213 Å². The normalized spacial score (nSPS) is 17.7. The molecule has 7 heteroatoms. The van der Waals surface area contributed by atoms with Crippen LogP contribution < -0.4 is 9.64 Å². The molecule has 2 heterocycles. The molecule has 0 bridgehead atoms. The van der Waals surface area contributed by atoms with Gasteiger partial charge in [-0.15, -0.1) is 0 Å². The zero-order valence-electron chi connectivity index (χ0n) is 20.5. The number of thiazole rings is 1. The summed E-state index contributed by atoms with van der Waals surface area (Å²) in [5.41, 5.74) is 3.00. The number of amides is 1. The van der Waals surface area contributed by atoms with Gasteiger partial charge in [0.15, 0.2) is 5.13 Å². The first-order chi connectivity index (χ1) is 17.2. The van der Waals surface area contributed by atoms with Crippen molar-refractivity contribution in [1.82, 2.24) is 4.98 Å². The number of carbonyl (C=O) groups excluding carboxylic acids is 2. The van der Waals surface area contributed by atoms with Gasteiger partial charge in [-0.3, -0.25) is 14.5 Å². The number of Topliss-reactive ketones (excluding diaryl/α,β-unsaturated/α-hetero) is 1. The third-order valence-corrected chi connectivity index (χ3v) is 7.39. The molecule has 1 N–H and O–H groups in total. The summed E-state index contributed by atoms with van der Waals surface area (Å²) in [5, 5.41) is 11.6. The minimum atomic E-state index is -0.818. The monoisotopic (exact) mass is 498 g/mol. The lowest BCUT2D eigenvalue weighted by Gasteiger charge is -2.24. The molecule has 3 aromatic carbocycles. The molecule has 0 spiro atoms. The number of nitrogens with zero attached hydrogens (tertiary/aromatic N) is 2. The molecule has 1 unspecified atom stereocenters. The van der Waals surface area contributed by atoms with E-state index in [2.05, 4.69) is 25.8 Å². The second-order valence-corrected chi connectivity index (χ2v) is 10.7. The van der Waals surface area contributed by atoms with E-state index in [-0.39, 0.29) is 16.7 Å². The molecule has 1 aliphatic heterocycles. The summed E-state index contributed by atoms with van der Waals surface area (Å²) in [6.45, 7) is 6.37. The molecule has 0 aliphatic carbocycles. The van der Waals surface area contributed by atoms with Gasteiger partial charge in [-0.25, -0.2) is 4.98 Å². The van der Waals surface area contributed by atoms with Crippen LogP contribution in [0.15, 0.2) is 78.4 Å². The van der Waals surface area contributed by atoms with Crippen molar-refractivity contribution in [1.29, 1.82) is 0 Å². The third-order valence-electron chi connectivity index (χ3n) is 6.37. The van der Waals surface area contributed by atoms with Crippen LogP contribution in [0.1, 0.15) is 43.5 Å². The highest BCUT2D eigenvalue weighted by Crippen LogP contribution is 2.45. The van der Waals surface area contributed by atoms with Crippen LogP contribution in [0.5, 0.6) is 5.75 Å². The van der Waals surface area contributed by atoms with E-state index in [1.165, 1.54) is 16.2 Å². The summed E-state index contributed by atoms with van der Waals surface area (Å²) in [4.78, 5) is 32.9. The van der Waals surface area contributed by atoms with Crippen LogP contribution in [0.4, 0.5) is 5.13 Å². The van der Waals surface area contributed by atoms with Gasteiger partial charge in [-0.2, -0.15) is 0 Å². The Hall–Kier alpha value is -3.97. The number of ketones is 1. The van der Waals surface area contributed by atoms with Crippen LogP contribution in [0, 0.1) is 0 Å². The zero-order chi connectivity index (χ0) is 25.6. The lowest BCUT2D eigenvalue weighted by molar-refractivity contribution is -0.132. The predicted octanol–water partition coefficient (Wildman–Crippen LogP) is 6.23. The van der Waals surface area contributed by atoms with E-state index >= 15 is 0 Å². The molecule has 6 nitrogen and oxygen atoms in total. The highest BCUT2D eigenvalue weighted by atomic mass is 32.1. The van der Waals surface area contributed by atoms with Gasteiger partial charge in [0, 0.05) is 5.56 Å². The number of fused-ring (bicyclic) bond motifs is 1.